The summed E-state index contributed by atoms with van der Waals surface area (Å²) in [5, 5.41) is 4.50. The summed E-state index contributed by atoms with van der Waals surface area (Å²) in [5.74, 6) is -0.317. The number of aryl methyl sites for hydroxylation is 1. The van der Waals surface area contributed by atoms with Gasteiger partial charge in [0.05, 0.1) is 18.5 Å². The van der Waals surface area contributed by atoms with Crippen LogP contribution >= 0.6 is 0 Å². The molecule has 1 atom stereocenters. The maximum atomic E-state index is 11.6. The average Bonchev–Trinajstić information content (AvgIpc) is 3.11. The van der Waals surface area contributed by atoms with Crippen LogP contribution in [0.3, 0.4) is 0 Å². The first-order valence-corrected chi connectivity index (χ1v) is 7.75. The maximum Gasteiger partial charge on any atom is 0.330 e. The van der Waals surface area contributed by atoms with Crippen LogP contribution < -0.4 is 0 Å². The first kappa shape index (κ1) is 15.9. The number of ether oxygens (including phenoxy) is 1. The largest absolute Gasteiger partial charge is 0.467 e. The van der Waals surface area contributed by atoms with Gasteiger partial charge in [-0.25, -0.2) is 4.79 Å². The first-order valence-electron chi connectivity index (χ1n) is 7.75. The summed E-state index contributed by atoms with van der Waals surface area (Å²) in [7, 11) is 1.38. The number of aromatic nitrogens is 3. The summed E-state index contributed by atoms with van der Waals surface area (Å²) >= 11 is 0. The Hall–Kier alpha value is -2.95. The standard InChI is InChI=1S/C19H19N3O2/c1-13-6-5-10-20-18(13)16-8-4-7-15(12-16)17-9-11-22(21-17)14(2)19(23)24-3/h4-12,14H,1-3H3/t14-/m0/s1. The van der Waals surface area contributed by atoms with Crippen molar-refractivity contribution >= 4 is 5.97 Å². The quantitative estimate of drug-likeness (QED) is 0.688. The first-order chi connectivity index (χ1) is 11.6. The number of nitrogens with zero attached hydrogens (tertiary/aromatic N) is 3. The van der Waals surface area contributed by atoms with Crippen LogP contribution in [0, 0.1) is 6.92 Å². The molecule has 0 aliphatic rings. The van der Waals surface area contributed by atoms with Crippen LogP contribution in [-0.2, 0) is 9.53 Å². The van der Waals surface area contributed by atoms with Crippen LogP contribution in [0.15, 0.2) is 54.9 Å². The molecule has 0 N–H and O–H groups in total. The number of pyridine rings is 1. The number of rotatable bonds is 4. The Morgan fingerprint density at radius 3 is 2.71 bits per heavy atom. The zero-order valence-corrected chi connectivity index (χ0v) is 13.9. The fourth-order valence-corrected chi connectivity index (χ4v) is 2.60. The molecule has 0 unspecified atom stereocenters. The Labute approximate surface area is 140 Å². The van der Waals surface area contributed by atoms with Gasteiger partial charge in [-0.2, -0.15) is 5.10 Å². The number of hydrogen-bond donors (Lipinski definition) is 0. The molecule has 0 aliphatic carbocycles. The van der Waals surface area contributed by atoms with E-state index >= 15 is 0 Å². The van der Waals surface area contributed by atoms with Gasteiger partial charge in [-0.05, 0) is 37.6 Å². The predicted octanol–water partition coefficient (Wildman–Crippen LogP) is 3.65. The highest BCUT2D eigenvalue weighted by Gasteiger charge is 2.16. The minimum Gasteiger partial charge on any atom is -0.467 e. The van der Waals surface area contributed by atoms with Gasteiger partial charge in [0.2, 0.25) is 0 Å². The van der Waals surface area contributed by atoms with Gasteiger partial charge in [0.1, 0.15) is 6.04 Å². The molecule has 3 rings (SSSR count). The van der Waals surface area contributed by atoms with Gasteiger partial charge in [-0.15, -0.1) is 0 Å². The molecule has 1 aromatic carbocycles. The summed E-state index contributed by atoms with van der Waals surface area (Å²) in [4.78, 5) is 16.1. The molecule has 5 heteroatoms. The molecule has 0 fully saturated rings. The van der Waals surface area contributed by atoms with Crippen LogP contribution in [-0.4, -0.2) is 27.8 Å². The van der Waals surface area contributed by atoms with Gasteiger partial charge in [0, 0.05) is 23.5 Å². The molecule has 0 aliphatic heterocycles. The van der Waals surface area contributed by atoms with Gasteiger partial charge in [0.25, 0.3) is 0 Å². The van der Waals surface area contributed by atoms with E-state index < -0.39 is 6.04 Å². The number of carbonyl (C=O) groups excluding carboxylic acids is 1. The molecule has 0 bridgehead atoms. The number of hydrogen-bond acceptors (Lipinski definition) is 4. The second-order valence-corrected chi connectivity index (χ2v) is 5.63. The van der Waals surface area contributed by atoms with Crippen molar-refractivity contribution in [3.63, 3.8) is 0 Å². The van der Waals surface area contributed by atoms with Crippen molar-refractivity contribution in [3.8, 4) is 22.5 Å². The molecule has 122 valence electrons. The lowest BCUT2D eigenvalue weighted by molar-refractivity contribution is -0.144. The zero-order valence-electron chi connectivity index (χ0n) is 13.9. The maximum absolute atomic E-state index is 11.6. The second-order valence-electron chi connectivity index (χ2n) is 5.63. The highest BCUT2D eigenvalue weighted by molar-refractivity contribution is 5.74. The number of esters is 1. The molecule has 0 saturated heterocycles. The molecule has 3 aromatic rings. The molecule has 2 aromatic heterocycles. The van der Waals surface area contributed by atoms with Crippen LogP contribution in [0.2, 0.25) is 0 Å². The Morgan fingerprint density at radius 1 is 1.17 bits per heavy atom. The molecule has 0 radical (unpaired) electrons. The van der Waals surface area contributed by atoms with Crippen LogP contribution in [0.25, 0.3) is 22.5 Å². The van der Waals surface area contributed by atoms with E-state index in [0.717, 1.165) is 28.1 Å². The van der Waals surface area contributed by atoms with Crippen molar-refractivity contribution in [1.29, 1.82) is 0 Å². The molecule has 0 amide bonds. The predicted molar refractivity (Wildman–Crippen MR) is 92.4 cm³/mol. The Morgan fingerprint density at radius 2 is 1.96 bits per heavy atom. The van der Waals surface area contributed by atoms with Crippen molar-refractivity contribution in [2.24, 2.45) is 0 Å². The topological polar surface area (TPSA) is 57.0 Å². The van der Waals surface area contributed by atoms with Gasteiger partial charge >= 0.3 is 5.97 Å². The minimum absolute atomic E-state index is 0.317. The lowest BCUT2D eigenvalue weighted by atomic mass is 10.0. The zero-order chi connectivity index (χ0) is 17.1. The molecule has 0 saturated carbocycles. The third-order valence-electron chi connectivity index (χ3n) is 3.99. The Balaban J connectivity index is 1.94. The van der Waals surface area contributed by atoms with E-state index in [1.807, 2.05) is 43.3 Å². The molecular formula is C19H19N3O2. The lowest BCUT2D eigenvalue weighted by Gasteiger charge is -2.09. The summed E-state index contributed by atoms with van der Waals surface area (Å²) in [6, 6.07) is 13.5. The number of methoxy groups -OCH3 is 1. The number of benzene rings is 1. The summed E-state index contributed by atoms with van der Waals surface area (Å²) in [5.41, 5.74) is 4.91. The van der Waals surface area contributed by atoms with E-state index in [1.165, 1.54) is 7.11 Å². The van der Waals surface area contributed by atoms with E-state index in [0.29, 0.717) is 0 Å². The fraction of sp³-hybridized carbons (Fsp3) is 0.211. The van der Waals surface area contributed by atoms with Gasteiger partial charge in [-0.1, -0.05) is 24.3 Å². The van der Waals surface area contributed by atoms with Crippen LogP contribution in [0.4, 0.5) is 0 Å². The van der Waals surface area contributed by atoms with Crippen molar-refractivity contribution in [3.05, 3.63) is 60.4 Å². The number of carbonyl (C=O) groups is 1. The fourth-order valence-electron chi connectivity index (χ4n) is 2.60. The van der Waals surface area contributed by atoms with Crippen molar-refractivity contribution in [1.82, 2.24) is 14.8 Å². The van der Waals surface area contributed by atoms with Crippen molar-refractivity contribution in [2.75, 3.05) is 7.11 Å². The molecule has 24 heavy (non-hydrogen) atoms. The Kier molecular flexibility index (Phi) is 4.42. The molecule has 2 heterocycles. The summed E-state index contributed by atoms with van der Waals surface area (Å²) in [6.45, 7) is 3.80. The molecular weight excluding hydrogens is 302 g/mol. The monoisotopic (exact) mass is 321 g/mol. The van der Waals surface area contributed by atoms with Crippen molar-refractivity contribution < 1.29 is 9.53 Å². The smallest absolute Gasteiger partial charge is 0.330 e. The van der Waals surface area contributed by atoms with E-state index in [4.69, 9.17) is 4.74 Å². The summed E-state index contributed by atoms with van der Waals surface area (Å²) < 4.78 is 6.37. The Bertz CT molecular complexity index is 870. The van der Waals surface area contributed by atoms with Gasteiger partial charge in [-0.3, -0.25) is 9.67 Å². The van der Waals surface area contributed by atoms with E-state index in [2.05, 4.69) is 16.1 Å². The van der Waals surface area contributed by atoms with Gasteiger partial charge in [0.15, 0.2) is 0 Å². The highest BCUT2D eigenvalue weighted by Crippen LogP contribution is 2.26. The van der Waals surface area contributed by atoms with E-state index in [-0.39, 0.29) is 5.97 Å². The minimum atomic E-state index is -0.454. The van der Waals surface area contributed by atoms with E-state index in [9.17, 15) is 4.79 Å². The summed E-state index contributed by atoms with van der Waals surface area (Å²) in [6.07, 6.45) is 3.58. The lowest BCUT2D eigenvalue weighted by Crippen LogP contribution is -2.18. The highest BCUT2D eigenvalue weighted by atomic mass is 16.5. The van der Waals surface area contributed by atoms with E-state index in [1.54, 1.807) is 24.0 Å². The second kappa shape index (κ2) is 6.66. The third kappa shape index (κ3) is 3.06. The van der Waals surface area contributed by atoms with Crippen LogP contribution in [0.5, 0.6) is 0 Å². The van der Waals surface area contributed by atoms with Crippen LogP contribution in [0.1, 0.15) is 18.5 Å². The average molecular weight is 321 g/mol. The molecule has 5 nitrogen and oxygen atoms in total. The normalized spacial score (nSPS) is 12.0. The van der Waals surface area contributed by atoms with Gasteiger partial charge < -0.3 is 4.74 Å². The molecule has 0 spiro atoms. The van der Waals surface area contributed by atoms with Crippen molar-refractivity contribution in [2.45, 2.75) is 19.9 Å². The third-order valence-corrected chi connectivity index (χ3v) is 3.99. The SMILES string of the molecule is COC(=O)[C@H](C)n1ccc(-c2cccc(-c3ncccc3C)c2)n1.